The van der Waals surface area contributed by atoms with Gasteiger partial charge in [-0.2, -0.15) is 0 Å². The molecule has 0 amide bonds. The van der Waals surface area contributed by atoms with E-state index in [0.29, 0.717) is 0 Å². The van der Waals surface area contributed by atoms with Crippen LogP contribution in [0, 0.1) is 0 Å². The van der Waals surface area contributed by atoms with Gasteiger partial charge < -0.3 is 0 Å². The van der Waals surface area contributed by atoms with Crippen LogP contribution in [0.1, 0.15) is 0 Å². The SMILES string of the molecule is c1cc(-c2ccc(-c3cccc4c3sc3c(-c5ccc6c7ccccc7c7ccccc7c6c5)cccc34)cc2)cc(-c2cc(-c3ccc4c5ccccc5c5ccccc5c4c3)c3sc4ccccc4c3c2)c1. The summed E-state index contributed by atoms with van der Waals surface area (Å²) in [4.78, 5) is 0. The molecule has 0 aliphatic heterocycles. The highest BCUT2D eigenvalue weighted by molar-refractivity contribution is 7.27. The molecule has 0 aliphatic carbocycles. The van der Waals surface area contributed by atoms with Crippen molar-refractivity contribution in [3.63, 3.8) is 0 Å². The minimum absolute atomic E-state index is 1.20. The van der Waals surface area contributed by atoms with Crippen LogP contribution in [-0.2, 0) is 0 Å². The van der Waals surface area contributed by atoms with E-state index in [0.717, 1.165) is 0 Å². The highest BCUT2D eigenvalue weighted by atomic mass is 32.1. The number of hydrogen-bond donors (Lipinski definition) is 0. The summed E-state index contributed by atoms with van der Waals surface area (Å²) in [7, 11) is 0. The largest absolute Gasteiger partial charge is 0.135 e. The first-order valence-corrected chi connectivity index (χ1v) is 27.1. The molecule has 16 rings (SSSR count). The Morgan fingerprint density at radius 1 is 0.162 bits per heavy atom. The third-order valence-corrected chi connectivity index (χ3v) is 18.3. The predicted molar refractivity (Wildman–Crippen MR) is 324 cm³/mol. The van der Waals surface area contributed by atoms with E-state index in [2.05, 4.69) is 255 Å². The molecule has 0 fully saturated rings. The minimum Gasteiger partial charge on any atom is -0.135 e. The first-order chi connectivity index (χ1) is 36.7. The van der Waals surface area contributed by atoms with E-state index in [1.54, 1.807) is 0 Å². The van der Waals surface area contributed by atoms with Crippen LogP contribution in [0.25, 0.3) is 161 Å². The van der Waals surface area contributed by atoms with E-state index in [4.69, 9.17) is 0 Å². The Morgan fingerprint density at radius 2 is 0.527 bits per heavy atom. The molecule has 0 spiro atoms. The highest BCUT2D eigenvalue weighted by Crippen LogP contribution is 2.48. The second-order valence-electron chi connectivity index (χ2n) is 19.8. The maximum atomic E-state index is 2.44. The zero-order valence-corrected chi connectivity index (χ0v) is 41.7. The second kappa shape index (κ2) is 16.3. The van der Waals surface area contributed by atoms with E-state index in [1.165, 1.54) is 161 Å². The van der Waals surface area contributed by atoms with Gasteiger partial charge in [0.1, 0.15) is 0 Å². The lowest BCUT2D eigenvalue weighted by atomic mass is 9.90. The van der Waals surface area contributed by atoms with Crippen molar-refractivity contribution in [3.8, 4) is 55.6 Å². The van der Waals surface area contributed by atoms with Crippen molar-refractivity contribution in [2.24, 2.45) is 0 Å². The number of hydrogen-bond acceptors (Lipinski definition) is 2. The molecule has 0 nitrogen and oxygen atoms in total. The predicted octanol–water partition coefficient (Wildman–Crippen LogP) is 21.7. The van der Waals surface area contributed by atoms with Crippen LogP contribution in [0.15, 0.2) is 255 Å². The average Bonchev–Trinajstić information content (AvgIpc) is 4.06. The van der Waals surface area contributed by atoms with Crippen molar-refractivity contribution in [2.75, 3.05) is 0 Å². The molecule has 0 radical (unpaired) electrons. The van der Waals surface area contributed by atoms with Gasteiger partial charge in [-0.05, 0) is 151 Å². The van der Waals surface area contributed by atoms with E-state index < -0.39 is 0 Å². The highest BCUT2D eigenvalue weighted by Gasteiger charge is 2.19. The molecule has 0 unspecified atom stereocenters. The third kappa shape index (κ3) is 6.32. The van der Waals surface area contributed by atoms with Gasteiger partial charge in [-0.15, -0.1) is 22.7 Å². The molecule has 2 heterocycles. The average molecular weight is 971 g/mol. The van der Waals surface area contributed by atoms with Crippen LogP contribution in [0.4, 0.5) is 0 Å². The summed E-state index contributed by atoms with van der Waals surface area (Å²) in [6.45, 7) is 0. The summed E-state index contributed by atoms with van der Waals surface area (Å²) in [6, 6.07) is 95.4. The fourth-order valence-corrected chi connectivity index (χ4v) is 14.9. The molecule has 0 bridgehead atoms. The van der Waals surface area contributed by atoms with Crippen LogP contribution in [0.3, 0.4) is 0 Å². The third-order valence-electron chi connectivity index (χ3n) is 15.8. The molecular formula is C72H42S2. The van der Waals surface area contributed by atoms with Gasteiger partial charge in [0.25, 0.3) is 0 Å². The lowest BCUT2D eigenvalue weighted by molar-refractivity contribution is 1.59. The van der Waals surface area contributed by atoms with Crippen LogP contribution in [0.5, 0.6) is 0 Å². The fraction of sp³-hybridized carbons (Fsp3) is 0. The van der Waals surface area contributed by atoms with Crippen molar-refractivity contribution >= 4 is 128 Å². The van der Waals surface area contributed by atoms with Crippen molar-refractivity contribution < 1.29 is 0 Å². The van der Waals surface area contributed by atoms with E-state index in [9.17, 15) is 0 Å². The topological polar surface area (TPSA) is 0 Å². The first kappa shape index (κ1) is 41.7. The fourth-order valence-electron chi connectivity index (χ4n) is 12.4. The molecule has 0 N–H and O–H groups in total. The standard InChI is InChI=1S/C72H42S2/c1-3-20-56-52(16-1)54-18-5-7-22-58(54)66-39-47(34-36-60(56)66)51-26-13-28-64-63-27-12-25-50(70(63)74-71(51)64)44-32-30-43(31-33-44)45-14-11-15-46(38-45)49-41-65(72-68(42-49)62-24-9-10-29-69(62)73-72)48-35-37-61-57-21-4-2-17-53(57)55-19-6-8-23-59(55)67(61)40-48/h1-42H. The Morgan fingerprint density at radius 3 is 1.07 bits per heavy atom. The molecule has 2 heteroatoms. The zero-order chi connectivity index (χ0) is 48.4. The van der Waals surface area contributed by atoms with Gasteiger partial charge in [0.2, 0.25) is 0 Å². The summed E-state index contributed by atoms with van der Waals surface area (Å²) in [6.07, 6.45) is 0. The van der Waals surface area contributed by atoms with Gasteiger partial charge in [0.05, 0.1) is 0 Å². The number of fused-ring (bicyclic) bond motifs is 18. The maximum Gasteiger partial charge on any atom is 0.0434 e. The molecule has 16 aromatic rings. The van der Waals surface area contributed by atoms with E-state index in [-0.39, 0.29) is 0 Å². The number of thiophene rings is 2. The Labute approximate surface area is 435 Å². The summed E-state index contributed by atoms with van der Waals surface area (Å²) < 4.78 is 5.29. The molecule has 14 aromatic carbocycles. The number of rotatable bonds is 5. The van der Waals surface area contributed by atoms with Crippen LogP contribution >= 0.6 is 22.7 Å². The molecular weight excluding hydrogens is 929 g/mol. The van der Waals surface area contributed by atoms with Crippen molar-refractivity contribution in [1.82, 2.24) is 0 Å². The van der Waals surface area contributed by atoms with Gasteiger partial charge in [-0.3, -0.25) is 0 Å². The lowest BCUT2D eigenvalue weighted by Gasteiger charge is -2.14. The van der Waals surface area contributed by atoms with Gasteiger partial charge in [0.15, 0.2) is 0 Å². The summed E-state index contributed by atoms with van der Waals surface area (Å²) >= 11 is 3.82. The van der Waals surface area contributed by atoms with Crippen molar-refractivity contribution in [1.29, 1.82) is 0 Å². The number of benzene rings is 14. The lowest BCUT2D eigenvalue weighted by Crippen LogP contribution is -1.87. The van der Waals surface area contributed by atoms with Gasteiger partial charge >= 0.3 is 0 Å². The van der Waals surface area contributed by atoms with Crippen LogP contribution < -0.4 is 0 Å². The van der Waals surface area contributed by atoms with Crippen molar-refractivity contribution in [2.45, 2.75) is 0 Å². The smallest absolute Gasteiger partial charge is 0.0434 e. The van der Waals surface area contributed by atoms with E-state index in [1.807, 2.05) is 22.7 Å². The zero-order valence-electron chi connectivity index (χ0n) is 40.1. The second-order valence-corrected chi connectivity index (χ2v) is 21.9. The Kier molecular flexibility index (Phi) is 9.18. The monoisotopic (exact) mass is 970 g/mol. The molecule has 0 atom stereocenters. The summed E-state index contributed by atoms with van der Waals surface area (Å²) in [5.74, 6) is 0. The maximum absolute atomic E-state index is 2.44. The molecule has 2 aromatic heterocycles. The normalized spacial score (nSPS) is 12.1. The van der Waals surface area contributed by atoms with Gasteiger partial charge in [-0.1, -0.05) is 218 Å². The Hall–Kier alpha value is -8.92. The summed E-state index contributed by atoms with van der Waals surface area (Å²) in [5.41, 5.74) is 12.4. The molecule has 0 saturated carbocycles. The van der Waals surface area contributed by atoms with Gasteiger partial charge in [0, 0.05) is 45.9 Å². The van der Waals surface area contributed by atoms with Crippen LogP contribution in [0.2, 0.25) is 0 Å². The van der Waals surface area contributed by atoms with Crippen molar-refractivity contribution in [3.05, 3.63) is 255 Å². The molecule has 74 heavy (non-hydrogen) atoms. The van der Waals surface area contributed by atoms with E-state index >= 15 is 0 Å². The molecule has 342 valence electrons. The summed E-state index contributed by atoms with van der Waals surface area (Å²) in [5, 5.41) is 20.8. The minimum atomic E-state index is 1.20. The first-order valence-electron chi connectivity index (χ1n) is 25.5. The molecule has 0 aliphatic rings. The Bertz CT molecular complexity index is 4940. The Balaban J connectivity index is 0.781. The van der Waals surface area contributed by atoms with Gasteiger partial charge in [-0.25, -0.2) is 0 Å². The van der Waals surface area contributed by atoms with Crippen LogP contribution in [-0.4, -0.2) is 0 Å². The molecule has 0 saturated heterocycles. The quantitative estimate of drug-likeness (QED) is 0.151.